The number of β-amino-alcohol motifs (C(OH)–C–C–N with tert-alkyl or cyclic N) is 1. The predicted octanol–water partition coefficient (Wildman–Crippen LogP) is 3.41. The van der Waals surface area contributed by atoms with Gasteiger partial charge in [0.1, 0.15) is 16.9 Å². The molecule has 1 aliphatic heterocycles. The van der Waals surface area contributed by atoms with Crippen molar-refractivity contribution < 1.29 is 9.84 Å². The molecule has 1 saturated heterocycles. The fourth-order valence-corrected chi connectivity index (χ4v) is 4.65. The lowest BCUT2D eigenvalue weighted by molar-refractivity contribution is 0.0948. The molecule has 1 aliphatic rings. The van der Waals surface area contributed by atoms with Crippen molar-refractivity contribution in [2.45, 2.75) is 31.5 Å². The SMILES string of the molecule is COc1cccc2c([C@@H](O)CN3CCC(NCc4cc5cccnc5[nH]4)CC3)ccnc12. The number of pyridine rings is 2. The summed E-state index contributed by atoms with van der Waals surface area (Å²) in [5.74, 6) is 0.731. The third kappa shape index (κ3) is 4.32. The minimum Gasteiger partial charge on any atom is -0.494 e. The van der Waals surface area contributed by atoms with Crippen LogP contribution >= 0.6 is 0 Å². The van der Waals surface area contributed by atoms with Gasteiger partial charge in [0, 0.05) is 48.0 Å². The Labute approximate surface area is 187 Å². The number of piperidine rings is 1. The summed E-state index contributed by atoms with van der Waals surface area (Å²) in [7, 11) is 1.65. The van der Waals surface area contributed by atoms with Crippen LogP contribution in [0.4, 0.5) is 0 Å². The maximum Gasteiger partial charge on any atom is 0.145 e. The number of nitrogens with one attached hydrogen (secondary N) is 2. The molecule has 7 heteroatoms. The molecule has 0 amide bonds. The van der Waals surface area contributed by atoms with E-state index < -0.39 is 6.10 Å². The van der Waals surface area contributed by atoms with Gasteiger partial charge in [-0.3, -0.25) is 4.98 Å². The number of H-pyrrole nitrogens is 1. The first-order valence-corrected chi connectivity index (χ1v) is 11.2. The quantitative estimate of drug-likeness (QED) is 0.416. The number of aliphatic hydroxyl groups is 1. The van der Waals surface area contributed by atoms with Gasteiger partial charge in [-0.1, -0.05) is 12.1 Å². The maximum atomic E-state index is 11.0. The molecule has 0 aliphatic carbocycles. The van der Waals surface area contributed by atoms with Crippen LogP contribution in [0.2, 0.25) is 0 Å². The molecule has 0 unspecified atom stereocenters. The number of fused-ring (bicyclic) bond motifs is 2. The van der Waals surface area contributed by atoms with Gasteiger partial charge in [-0.15, -0.1) is 0 Å². The minimum atomic E-state index is -0.559. The number of rotatable bonds is 7. The average molecular weight is 432 g/mol. The number of ether oxygens (including phenoxy) is 1. The van der Waals surface area contributed by atoms with Crippen LogP contribution in [0.1, 0.15) is 30.2 Å². The number of benzene rings is 1. The summed E-state index contributed by atoms with van der Waals surface area (Å²) in [5, 5.41) is 16.8. The minimum absolute atomic E-state index is 0.480. The molecular weight excluding hydrogens is 402 g/mol. The van der Waals surface area contributed by atoms with Gasteiger partial charge >= 0.3 is 0 Å². The number of aromatic amines is 1. The molecule has 0 radical (unpaired) electrons. The molecule has 7 nitrogen and oxygen atoms in total. The lowest BCUT2D eigenvalue weighted by Gasteiger charge is -2.33. The van der Waals surface area contributed by atoms with Crippen LogP contribution in [0.15, 0.2) is 54.9 Å². The second kappa shape index (κ2) is 9.24. The van der Waals surface area contributed by atoms with E-state index in [1.54, 1.807) is 13.3 Å². The predicted molar refractivity (Wildman–Crippen MR) is 126 cm³/mol. The number of aliphatic hydroxyl groups excluding tert-OH is 1. The van der Waals surface area contributed by atoms with E-state index in [0.717, 1.165) is 71.4 Å². The summed E-state index contributed by atoms with van der Waals surface area (Å²) >= 11 is 0. The second-order valence-electron chi connectivity index (χ2n) is 8.46. The molecule has 0 bridgehead atoms. The van der Waals surface area contributed by atoms with Crippen molar-refractivity contribution >= 4 is 21.9 Å². The van der Waals surface area contributed by atoms with Crippen LogP contribution < -0.4 is 10.1 Å². The Balaban J connectivity index is 1.16. The highest BCUT2D eigenvalue weighted by molar-refractivity contribution is 5.87. The summed E-state index contributed by atoms with van der Waals surface area (Å²) in [6.45, 7) is 3.37. The van der Waals surface area contributed by atoms with Crippen molar-refractivity contribution in [1.29, 1.82) is 0 Å². The molecule has 166 valence electrons. The van der Waals surface area contributed by atoms with E-state index >= 15 is 0 Å². The van der Waals surface area contributed by atoms with E-state index in [2.05, 4.69) is 37.3 Å². The van der Waals surface area contributed by atoms with Crippen molar-refractivity contribution in [1.82, 2.24) is 25.2 Å². The standard InChI is InChI=1S/C25H29N5O2/c1-32-23-6-2-5-21-20(7-11-26-24(21)23)22(31)16-30-12-8-18(9-13-30)28-15-19-14-17-4-3-10-27-25(17)29-19/h2-7,10-11,14,18,22,28,31H,8-9,12-13,15-16H2,1H3,(H,27,29)/t22-/m0/s1. The largest absolute Gasteiger partial charge is 0.494 e. The summed E-state index contributed by atoms with van der Waals surface area (Å²) in [5.41, 5.74) is 3.80. The lowest BCUT2D eigenvalue weighted by Crippen LogP contribution is -2.43. The summed E-state index contributed by atoms with van der Waals surface area (Å²) in [6.07, 6.45) is 5.13. The molecule has 1 fully saturated rings. The summed E-state index contributed by atoms with van der Waals surface area (Å²) < 4.78 is 5.43. The maximum absolute atomic E-state index is 11.0. The number of nitrogens with zero attached hydrogens (tertiary/aromatic N) is 3. The Morgan fingerprint density at radius 2 is 2.03 bits per heavy atom. The molecule has 3 aromatic heterocycles. The average Bonchev–Trinajstić information content (AvgIpc) is 3.26. The monoisotopic (exact) mass is 431 g/mol. The Hall–Kier alpha value is -3.00. The van der Waals surface area contributed by atoms with Crippen LogP contribution in [0, 0.1) is 0 Å². The first-order valence-electron chi connectivity index (χ1n) is 11.2. The van der Waals surface area contributed by atoms with E-state index in [1.165, 1.54) is 0 Å². The van der Waals surface area contributed by atoms with E-state index in [0.29, 0.717) is 12.6 Å². The van der Waals surface area contributed by atoms with Crippen LogP contribution in [0.5, 0.6) is 5.75 Å². The van der Waals surface area contributed by atoms with Gasteiger partial charge in [-0.2, -0.15) is 0 Å². The molecular formula is C25H29N5O2. The van der Waals surface area contributed by atoms with Crippen molar-refractivity contribution in [2.75, 3.05) is 26.7 Å². The molecule has 0 saturated carbocycles. The molecule has 4 heterocycles. The molecule has 4 aromatic rings. The first kappa shape index (κ1) is 20.9. The van der Waals surface area contributed by atoms with Crippen LogP contribution in [-0.2, 0) is 6.54 Å². The molecule has 5 rings (SSSR count). The Kier molecular flexibility index (Phi) is 6.03. The van der Waals surface area contributed by atoms with Gasteiger partial charge in [0.25, 0.3) is 0 Å². The fraction of sp³-hybridized carbons (Fsp3) is 0.360. The molecule has 1 aromatic carbocycles. The zero-order valence-electron chi connectivity index (χ0n) is 18.3. The van der Waals surface area contributed by atoms with Gasteiger partial charge in [0.2, 0.25) is 0 Å². The van der Waals surface area contributed by atoms with Crippen molar-refractivity contribution in [3.8, 4) is 5.75 Å². The molecule has 0 spiro atoms. The number of likely N-dealkylation sites (tertiary alicyclic amines) is 1. The normalized spacial score (nSPS) is 16.6. The summed E-state index contributed by atoms with van der Waals surface area (Å²) in [6, 6.07) is 14.4. The highest BCUT2D eigenvalue weighted by Crippen LogP contribution is 2.29. The number of hydrogen-bond donors (Lipinski definition) is 3. The van der Waals surface area contributed by atoms with Gasteiger partial charge in [-0.25, -0.2) is 4.98 Å². The Morgan fingerprint density at radius 1 is 1.16 bits per heavy atom. The Morgan fingerprint density at radius 3 is 2.84 bits per heavy atom. The van der Waals surface area contributed by atoms with Crippen molar-refractivity contribution in [3.63, 3.8) is 0 Å². The van der Waals surface area contributed by atoms with E-state index in [4.69, 9.17) is 4.74 Å². The van der Waals surface area contributed by atoms with E-state index in [1.807, 2.05) is 36.5 Å². The van der Waals surface area contributed by atoms with Gasteiger partial charge in [0.05, 0.1) is 13.2 Å². The van der Waals surface area contributed by atoms with Crippen LogP contribution in [0.3, 0.4) is 0 Å². The van der Waals surface area contributed by atoms with E-state index in [9.17, 15) is 5.11 Å². The van der Waals surface area contributed by atoms with Gasteiger partial charge in [0.15, 0.2) is 0 Å². The van der Waals surface area contributed by atoms with Crippen molar-refractivity contribution in [2.24, 2.45) is 0 Å². The lowest BCUT2D eigenvalue weighted by atomic mass is 10.0. The number of aromatic nitrogens is 3. The third-order valence-corrected chi connectivity index (χ3v) is 6.39. The zero-order chi connectivity index (χ0) is 21.9. The van der Waals surface area contributed by atoms with Crippen molar-refractivity contribution in [3.05, 3.63) is 66.1 Å². The highest BCUT2D eigenvalue weighted by Gasteiger charge is 2.22. The smallest absolute Gasteiger partial charge is 0.145 e. The molecule has 32 heavy (non-hydrogen) atoms. The van der Waals surface area contributed by atoms with Crippen LogP contribution in [0.25, 0.3) is 21.9 Å². The van der Waals surface area contributed by atoms with E-state index in [-0.39, 0.29) is 0 Å². The second-order valence-corrected chi connectivity index (χ2v) is 8.46. The number of methoxy groups -OCH3 is 1. The number of hydrogen-bond acceptors (Lipinski definition) is 6. The topological polar surface area (TPSA) is 86.3 Å². The first-order chi connectivity index (χ1) is 15.7. The fourth-order valence-electron chi connectivity index (χ4n) is 4.65. The Bertz CT molecular complexity index is 1170. The summed E-state index contributed by atoms with van der Waals surface area (Å²) in [4.78, 5) is 14.5. The number of para-hydroxylation sites is 1. The third-order valence-electron chi connectivity index (χ3n) is 6.39. The van der Waals surface area contributed by atoms with Crippen LogP contribution in [-0.4, -0.2) is 57.7 Å². The molecule has 3 N–H and O–H groups in total. The highest BCUT2D eigenvalue weighted by atomic mass is 16.5. The van der Waals surface area contributed by atoms with Gasteiger partial charge in [-0.05, 0) is 61.8 Å². The molecule has 1 atom stereocenters. The zero-order valence-corrected chi connectivity index (χ0v) is 18.3. The van der Waals surface area contributed by atoms with Gasteiger partial charge < -0.3 is 25.0 Å².